The summed E-state index contributed by atoms with van der Waals surface area (Å²) in [5, 5.41) is 3.46. The zero-order valence-corrected chi connectivity index (χ0v) is 13.8. The first-order valence-electron chi connectivity index (χ1n) is 8.28. The maximum Gasteiger partial charge on any atom is 0.0674 e. The van der Waals surface area contributed by atoms with Crippen LogP contribution in [-0.4, -0.2) is 43.3 Å². The Morgan fingerprint density at radius 2 is 1.95 bits per heavy atom. The summed E-state index contributed by atoms with van der Waals surface area (Å²) in [6.07, 6.45) is 2.60. The highest BCUT2D eigenvalue weighted by Gasteiger charge is 2.14. The molecule has 118 valence electrons. The lowest BCUT2D eigenvalue weighted by Crippen LogP contribution is -2.29. The van der Waals surface area contributed by atoms with E-state index >= 15 is 0 Å². The van der Waals surface area contributed by atoms with E-state index in [-0.39, 0.29) is 0 Å². The molecule has 0 bridgehead atoms. The number of benzene rings is 1. The average Bonchev–Trinajstić information content (AvgIpc) is 2.65. The van der Waals surface area contributed by atoms with Gasteiger partial charge in [0.15, 0.2) is 0 Å². The molecule has 0 aliphatic carbocycles. The monoisotopic (exact) mass is 290 g/mol. The molecular formula is C18H30N2O. The summed E-state index contributed by atoms with van der Waals surface area (Å²) < 4.78 is 5.70. The van der Waals surface area contributed by atoms with Crippen LogP contribution < -0.4 is 5.32 Å². The summed E-state index contributed by atoms with van der Waals surface area (Å²) in [6.45, 7) is 11.7. The van der Waals surface area contributed by atoms with Crippen LogP contribution >= 0.6 is 0 Å². The number of hydrogen-bond donors (Lipinski definition) is 1. The molecule has 1 atom stereocenters. The minimum atomic E-state index is 0.355. The maximum absolute atomic E-state index is 5.70. The van der Waals surface area contributed by atoms with Gasteiger partial charge in [-0.3, -0.25) is 4.90 Å². The van der Waals surface area contributed by atoms with Gasteiger partial charge in [-0.15, -0.1) is 0 Å². The van der Waals surface area contributed by atoms with Crippen molar-refractivity contribution < 1.29 is 4.74 Å². The number of nitrogens with zero attached hydrogens (tertiary/aromatic N) is 1. The summed E-state index contributed by atoms with van der Waals surface area (Å²) in [5.41, 5.74) is 2.82. The van der Waals surface area contributed by atoms with Gasteiger partial charge in [0.2, 0.25) is 0 Å². The van der Waals surface area contributed by atoms with E-state index in [1.54, 1.807) is 0 Å². The molecular weight excluding hydrogens is 260 g/mol. The quantitative estimate of drug-likeness (QED) is 0.872. The van der Waals surface area contributed by atoms with E-state index in [1.165, 1.54) is 11.1 Å². The van der Waals surface area contributed by atoms with Crippen LogP contribution in [0.4, 0.5) is 0 Å². The number of nitrogens with one attached hydrogen (secondary N) is 1. The Balaban J connectivity index is 1.81. The maximum atomic E-state index is 5.70. The standard InChI is InChI=1S/C18H30N2O/c1-15(2)19-10-9-17-5-7-18(8-6-17)14-20-11-4-12-21-16(3)13-20/h5-8,15-16,19H,4,9-14H2,1-3H3. The molecule has 1 aliphatic heterocycles. The third-order valence-electron chi connectivity index (χ3n) is 3.93. The Bertz CT molecular complexity index is 402. The van der Waals surface area contributed by atoms with Crippen LogP contribution in [0.1, 0.15) is 38.3 Å². The van der Waals surface area contributed by atoms with Crippen molar-refractivity contribution in [3.8, 4) is 0 Å². The predicted molar refractivity (Wildman–Crippen MR) is 88.6 cm³/mol. The molecule has 0 spiro atoms. The predicted octanol–water partition coefficient (Wildman–Crippen LogP) is 2.84. The fourth-order valence-corrected chi connectivity index (χ4v) is 2.80. The second-order valence-corrected chi connectivity index (χ2v) is 6.45. The molecule has 1 fully saturated rings. The molecule has 1 aromatic rings. The van der Waals surface area contributed by atoms with Crippen LogP contribution in [0, 0.1) is 0 Å². The molecule has 21 heavy (non-hydrogen) atoms. The molecule has 3 nitrogen and oxygen atoms in total. The summed E-state index contributed by atoms with van der Waals surface area (Å²) in [6, 6.07) is 9.67. The van der Waals surface area contributed by atoms with Gasteiger partial charge in [-0.05, 0) is 37.4 Å². The summed E-state index contributed by atoms with van der Waals surface area (Å²) in [7, 11) is 0. The molecule has 1 aliphatic rings. The van der Waals surface area contributed by atoms with Crippen molar-refractivity contribution in [1.29, 1.82) is 0 Å². The minimum absolute atomic E-state index is 0.355. The molecule has 2 rings (SSSR count). The summed E-state index contributed by atoms with van der Waals surface area (Å²) in [4.78, 5) is 2.51. The van der Waals surface area contributed by atoms with Crippen molar-refractivity contribution in [2.75, 3.05) is 26.2 Å². The zero-order valence-electron chi connectivity index (χ0n) is 13.8. The van der Waals surface area contributed by atoms with Crippen LogP contribution in [-0.2, 0) is 17.7 Å². The van der Waals surface area contributed by atoms with Gasteiger partial charge >= 0.3 is 0 Å². The highest BCUT2D eigenvalue weighted by atomic mass is 16.5. The van der Waals surface area contributed by atoms with Gasteiger partial charge < -0.3 is 10.1 Å². The topological polar surface area (TPSA) is 24.5 Å². The van der Waals surface area contributed by atoms with Crippen molar-refractivity contribution in [2.45, 2.75) is 52.3 Å². The first kappa shape index (κ1) is 16.5. The molecule has 0 aromatic heterocycles. The van der Waals surface area contributed by atoms with Crippen molar-refractivity contribution in [3.05, 3.63) is 35.4 Å². The lowest BCUT2D eigenvalue weighted by Gasteiger charge is -2.21. The third kappa shape index (κ3) is 6.16. The average molecular weight is 290 g/mol. The highest BCUT2D eigenvalue weighted by Crippen LogP contribution is 2.12. The van der Waals surface area contributed by atoms with Crippen LogP contribution in [0.25, 0.3) is 0 Å². The van der Waals surface area contributed by atoms with Gasteiger partial charge in [0.1, 0.15) is 0 Å². The molecule has 0 amide bonds. The number of rotatable bonds is 6. The number of ether oxygens (including phenoxy) is 1. The fourth-order valence-electron chi connectivity index (χ4n) is 2.80. The molecule has 1 unspecified atom stereocenters. The van der Waals surface area contributed by atoms with Gasteiger partial charge in [-0.1, -0.05) is 38.1 Å². The Labute approximate surface area is 129 Å². The van der Waals surface area contributed by atoms with Gasteiger partial charge in [-0.2, -0.15) is 0 Å². The van der Waals surface area contributed by atoms with E-state index in [2.05, 4.69) is 55.3 Å². The zero-order chi connectivity index (χ0) is 15.1. The minimum Gasteiger partial charge on any atom is -0.377 e. The van der Waals surface area contributed by atoms with Crippen molar-refractivity contribution in [2.24, 2.45) is 0 Å². The molecule has 1 aromatic carbocycles. The summed E-state index contributed by atoms with van der Waals surface area (Å²) in [5.74, 6) is 0. The smallest absolute Gasteiger partial charge is 0.0674 e. The van der Waals surface area contributed by atoms with E-state index in [0.717, 1.165) is 45.6 Å². The molecule has 1 N–H and O–H groups in total. The van der Waals surface area contributed by atoms with E-state index in [0.29, 0.717) is 12.1 Å². The summed E-state index contributed by atoms with van der Waals surface area (Å²) >= 11 is 0. The van der Waals surface area contributed by atoms with Crippen molar-refractivity contribution in [3.63, 3.8) is 0 Å². The normalized spacial score (nSPS) is 20.7. The van der Waals surface area contributed by atoms with Crippen LogP contribution in [0.3, 0.4) is 0 Å². The van der Waals surface area contributed by atoms with Crippen molar-refractivity contribution >= 4 is 0 Å². The molecule has 0 radical (unpaired) electrons. The third-order valence-corrected chi connectivity index (χ3v) is 3.93. The van der Waals surface area contributed by atoms with Crippen LogP contribution in [0.15, 0.2) is 24.3 Å². The molecule has 0 saturated carbocycles. The largest absolute Gasteiger partial charge is 0.377 e. The van der Waals surface area contributed by atoms with Crippen molar-refractivity contribution in [1.82, 2.24) is 10.2 Å². The van der Waals surface area contributed by atoms with Gasteiger partial charge in [0.25, 0.3) is 0 Å². The molecule has 3 heteroatoms. The van der Waals surface area contributed by atoms with E-state index in [4.69, 9.17) is 4.74 Å². The Kier molecular flexibility index (Phi) is 6.68. The lowest BCUT2D eigenvalue weighted by molar-refractivity contribution is 0.0668. The lowest BCUT2D eigenvalue weighted by atomic mass is 10.1. The van der Waals surface area contributed by atoms with E-state index < -0.39 is 0 Å². The Hall–Kier alpha value is -0.900. The highest BCUT2D eigenvalue weighted by molar-refractivity contribution is 5.22. The van der Waals surface area contributed by atoms with Gasteiger partial charge in [-0.25, -0.2) is 0 Å². The molecule has 1 saturated heterocycles. The van der Waals surface area contributed by atoms with E-state index in [1.807, 2.05) is 0 Å². The Morgan fingerprint density at radius 1 is 1.24 bits per heavy atom. The fraction of sp³-hybridized carbons (Fsp3) is 0.667. The van der Waals surface area contributed by atoms with Crippen LogP contribution in [0.5, 0.6) is 0 Å². The first-order valence-corrected chi connectivity index (χ1v) is 8.28. The first-order chi connectivity index (χ1) is 10.1. The second-order valence-electron chi connectivity index (χ2n) is 6.45. The van der Waals surface area contributed by atoms with E-state index in [9.17, 15) is 0 Å². The SMILES string of the molecule is CC(C)NCCc1ccc(CN2CCCOC(C)C2)cc1. The van der Waals surface area contributed by atoms with Crippen LogP contribution in [0.2, 0.25) is 0 Å². The molecule has 1 heterocycles. The number of hydrogen-bond acceptors (Lipinski definition) is 3. The second kappa shape index (κ2) is 8.52. The van der Waals surface area contributed by atoms with Gasteiger partial charge in [0, 0.05) is 32.3 Å². The van der Waals surface area contributed by atoms with Gasteiger partial charge in [0.05, 0.1) is 6.10 Å². The Morgan fingerprint density at radius 3 is 2.67 bits per heavy atom.